The minimum Gasteiger partial charge on any atom is -0.456 e. The van der Waals surface area contributed by atoms with Gasteiger partial charge in [0.05, 0.1) is 6.42 Å². The lowest BCUT2D eigenvalue weighted by atomic mass is 10.1. The van der Waals surface area contributed by atoms with Crippen molar-refractivity contribution in [2.75, 3.05) is 13.2 Å². The van der Waals surface area contributed by atoms with Crippen LogP contribution in [0.15, 0.2) is 24.3 Å². The molecule has 0 atom stereocenters. The average molecular weight is 321 g/mol. The third-order valence-electron chi connectivity index (χ3n) is 3.45. The normalized spacial score (nSPS) is 14.0. The Morgan fingerprint density at radius 3 is 2.43 bits per heavy atom. The topological polar surface area (TPSA) is 80.8 Å². The highest BCUT2D eigenvalue weighted by molar-refractivity contribution is 5.99. The van der Waals surface area contributed by atoms with Crippen LogP contribution in [0.1, 0.15) is 36.0 Å². The van der Waals surface area contributed by atoms with E-state index in [4.69, 9.17) is 4.74 Å². The van der Waals surface area contributed by atoms with E-state index in [1.165, 1.54) is 12.1 Å². The number of carbonyl (C=O) groups is 4. The van der Waals surface area contributed by atoms with Crippen molar-refractivity contribution in [2.45, 2.75) is 25.7 Å². The maximum Gasteiger partial charge on any atom is 0.306 e. The highest BCUT2D eigenvalue weighted by Gasteiger charge is 2.26. The van der Waals surface area contributed by atoms with Gasteiger partial charge in [0.1, 0.15) is 5.82 Å². The molecule has 1 aliphatic rings. The Bertz CT molecular complexity index is 626. The number of benzene rings is 1. The lowest BCUT2D eigenvalue weighted by molar-refractivity contribution is -0.154. The number of carbonyl (C=O) groups excluding carboxylic acids is 4. The minimum atomic E-state index is -0.694. The summed E-state index contributed by atoms with van der Waals surface area (Å²) in [5.74, 6) is -2.28. The van der Waals surface area contributed by atoms with E-state index in [2.05, 4.69) is 0 Å². The monoisotopic (exact) mass is 321 g/mol. The molecule has 0 spiro atoms. The Morgan fingerprint density at radius 1 is 1.13 bits per heavy atom. The number of esters is 1. The highest BCUT2D eigenvalue weighted by Crippen LogP contribution is 2.10. The van der Waals surface area contributed by atoms with Crippen LogP contribution in [0.5, 0.6) is 0 Å². The zero-order valence-electron chi connectivity index (χ0n) is 12.4. The maximum atomic E-state index is 12.8. The zero-order valence-corrected chi connectivity index (χ0v) is 12.4. The summed E-state index contributed by atoms with van der Waals surface area (Å²) in [7, 11) is 0. The van der Waals surface area contributed by atoms with E-state index in [9.17, 15) is 23.6 Å². The standard InChI is InChI=1S/C16H16FNO5/c17-12-5-3-11(4-6-12)13(19)7-8-16(22)23-10-15(21)18-9-1-2-14(18)20/h3-6H,1-2,7-10H2. The van der Waals surface area contributed by atoms with E-state index >= 15 is 0 Å². The van der Waals surface area contributed by atoms with Crippen molar-refractivity contribution < 1.29 is 28.3 Å². The van der Waals surface area contributed by atoms with Crippen LogP contribution in [-0.2, 0) is 19.1 Å². The van der Waals surface area contributed by atoms with Crippen LogP contribution < -0.4 is 0 Å². The molecule has 0 aromatic heterocycles. The van der Waals surface area contributed by atoms with Crippen LogP contribution in [0, 0.1) is 5.82 Å². The molecular formula is C16H16FNO5. The van der Waals surface area contributed by atoms with Gasteiger partial charge in [-0.25, -0.2) is 4.39 Å². The van der Waals surface area contributed by atoms with Crippen molar-refractivity contribution >= 4 is 23.6 Å². The summed E-state index contributed by atoms with van der Waals surface area (Å²) in [4.78, 5) is 47.4. The molecule has 0 unspecified atom stereocenters. The summed E-state index contributed by atoms with van der Waals surface area (Å²) < 4.78 is 17.5. The van der Waals surface area contributed by atoms with Gasteiger partial charge in [0.15, 0.2) is 12.4 Å². The van der Waals surface area contributed by atoms with Crippen LogP contribution in [0.3, 0.4) is 0 Å². The molecule has 6 nitrogen and oxygen atoms in total. The molecule has 2 amide bonds. The van der Waals surface area contributed by atoms with Crippen molar-refractivity contribution in [3.8, 4) is 0 Å². The molecule has 1 fully saturated rings. The Kier molecular flexibility index (Phi) is 5.56. The molecule has 23 heavy (non-hydrogen) atoms. The van der Waals surface area contributed by atoms with Gasteiger partial charge < -0.3 is 4.74 Å². The van der Waals surface area contributed by atoms with Crippen molar-refractivity contribution in [3.63, 3.8) is 0 Å². The largest absolute Gasteiger partial charge is 0.456 e. The molecule has 1 aromatic rings. The Morgan fingerprint density at radius 2 is 1.83 bits per heavy atom. The zero-order chi connectivity index (χ0) is 16.8. The quantitative estimate of drug-likeness (QED) is 0.585. The first-order valence-corrected chi connectivity index (χ1v) is 7.25. The van der Waals surface area contributed by atoms with Gasteiger partial charge in [-0.15, -0.1) is 0 Å². The number of imide groups is 1. The summed E-state index contributed by atoms with van der Waals surface area (Å²) in [6.45, 7) is -0.159. The van der Waals surface area contributed by atoms with Crippen LogP contribution in [0.25, 0.3) is 0 Å². The van der Waals surface area contributed by atoms with Gasteiger partial charge in [-0.2, -0.15) is 0 Å². The summed E-state index contributed by atoms with van der Waals surface area (Å²) in [5.41, 5.74) is 0.304. The molecule has 0 bridgehead atoms. The number of nitrogens with zero attached hydrogens (tertiary/aromatic N) is 1. The number of hydrogen-bond acceptors (Lipinski definition) is 5. The van der Waals surface area contributed by atoms with Crippen LogP contribution in [0.4, 0.5) is 4.39 Å². The number of rotatable bonds is 6. The molecule has 0 saturated carbocycles. The summed E-state index contributed by atoms with van der Waals surface area (Å²) in [5, 5.41) is 0. The number of hydrogen-bond donors (Lipinski definition) is 0. The molecule has 2 rings (SSSR count). The van der Waals surface area contributed by atoms with Crippen molar-refractivity contribution in [3.05, 3.63) is 35.6 Å². The number of likely N-dealkylation sites (tertiary alicyclic amines) is 1. The molecule has 0 N–H and O–H groups in total. The SMILES string of the molecule is O=C(CCC(=O)c1ccc(F)cc1)OCC(=O)N1CCCC1=O. The summed E-state index contributed by atoms with van der Waals surface area (Å²) in [6, 6.07) is 5.01. The number of ether oxygens (including phenoxy) is 1. The molecule has 0 radical (unpaired) electrons. The number of amides is 2. The van der Waals surface area contributed by atoms with E-state index < -0.39 is 24.3 Å². The van der Waals surface area contributed by atoms with Crippen molar-refractivity contribution in [2.24, 2.45) is 0 Å². The Balaban J connectivity index is 1.72. The van der Waals surface area contributed by atoms with Gasteiger partial charge >= 0.3 is 5.97 Å². The first-order valence-electron chi connectivity index (χ1n) is 7.25. The number of halogens is 1. The van der Waals surface area contributed by atoms with Crippen molar-refractivity contribution in [1.82, 2.24) is 4.90 Å². The van der Waals surface area contributed by atoms with Gasteiger partial charge in [-0.3, -0.25) is 24.1 Å². The number of ketones is 1. The minimum absolute atomic E-state index is 0.0959. The molecule has 7 heteroatoms. The van der Waals surface area contributed by atoms with E-state index in [1.54, 1.807) is 0 Å². The average Bonchev–Trinajstić information content (AvgIpc) is 2.97. The van der Waals surface area contributed by atoms with E-state index in [1.807, 2.05) is 0 Å². The first kappa shape index (κ1) is 16.8. The lowest BCUT2D eigenvalue weighted by Crippen LogP contribution is -2.35. The second kappa shape index (κ2) is 7.62. The Labute approximate surface area is 132 Å². The third-order valence-corrected chi connectivity index (χ3v) is 3.45. The predicted molar refractivity (Wildman–Crippen MR) is 76.9 cm³/mol. The number of Topliss-reactive ketones (excluding diaryl/α,β-unsaturated/α-hetero) is 1. The summed E-state index contributed by atoms with van der Waals surface area (Å²) >= 11 is 0. The molecular weight excluding hydrogens is 305 g/mol. The fraction of sp³-hybridized carbons (Fsp3) is 0.375. The molecule has 122 valence electrons. The third kappa shape index (κ3) is 4.70. The molecule has 0 aliphatic carbocycles. The van der Waals surface area contributed by atoms with Gasteiger partial charge in [0.2, 0.25) is 5.91 Å². The van der Waals surface area contributed by atoms with Gasteiger partial charge in [0, 0.05) is 24.9 Å². The summed E-state index contributed by atoms with van der Waals surface area (Å²) in [6.07, 6.45) is 0.662. The van der Waals surface area contributed by atoms with Gasteiger partial charge in [0.25, 0.3) is 5.91 Å². The first-order chi connectivity index (χ1) is 11.0. The second-order valence-electron chi connectivity index (χ2n) is 5.13. The van der Waals surface area contributed by atoms with E-state index in [0.29, 0.717) is 24.9 Å². The highest BCUT2D eigenvalue weighted by atomic mass is 19.1. The molecule has 1 aromatic carbocycles. The maximum absolute atomic E-state index is 12.8. The second-order valence-corrected chi connectivity index (χ2v) is 5.13. The smallest absolute Gasteiger partial charge is 0.306 e. The van der Waals surface area contributed by atoms with Crippen LogP contribution in [-0.4, -0.2) is 41.6 Å². The van der Waals surface area contributed by atoms with Crippen LogP contribution >= 0.6 is 0 Å². The molecule has 1 heterocycles. The van der Waals surface area contributed by atoms with Gasteiger partial charge in [-0.1, -0.05) is 0 Å². The fourth-order valence-electron chi connectivity index (χ4n) is 2.20. The van der Waals surface area contributed by atoms with Crippen molar-refractivity contribution in [1.29, 1.82) is 0 Å². The predicted octanol–water partition coefficient (Wildman–Crippen LogP) is 1.48. The van der Waals surface area contributed by atoms with Crippen LogP contribution in [0.2, 0.25) is 0 Å². The van der Waals surface area contributed by atoms with Gasteiger partial charge in [-0.05, 0) is 30.7 Å². The fourth-order valence-corrected chi connectivity index (χ4v) is 2.20. The Hall–Kier alpha value is -2.57. The van der Waals surface area contributed by atoms with E-state index in [-0.39, 0.29) is 24.5 Å². The molecule has 1 aliphatic heterocycles. The molecule has 1 saturated heterocycles. The lowest BCUT2D eigenvalue weighted by Gasteiger charge is -2.13. The van der Waals surface area contributed by atoms with E-state index in [0.717, 1.165) is 17.0 Å².